The van der Waals surface area contributed by atoms with Gasteiger partial charge in [-0.1, -0.05) is 36.7 Å². The molecule has 0 spiro atoms. The van der Waals surface area contributed by atoms with E-state index in [4.69, 9.17) is 11.6 Å². The average Bonchev–Trinajstić information content (AvgIpc) is 2.37. The number of para-hydroxylation sites is 1. The van der Waals surface area contributed by atoms with E-state index in [0.29, 0.717) is 10.7 Å². The smallest absolute Gasteiger partial charge is 0.252 e. The van der Waals surface area contributed by atoms with Gasteiger partial charge in [0, 0.05) is 11.4 Å². The Morgan fingerprint density at radius 2 is 2.17 bits per heavy atom. The van der Waals surface area contributed by atoms with Crippen molar-refractivity contribution in [2.24, 2.45) is 0 Å². The number of nitrogens with one attached hydrogen (secondary N) is 1. The first-order valence-corrected chi connectivity index (χ1v) is 6.35. The van der Waals surface area contributed by atoms with Crippen molar-refractivity contribution >= 4 is 28.4 Å². The fourth-order valence-corrected chi connectivity index (χ4v) is 1.93. The third-order valence-electron chi connectivity index (χ3n) is 2.92. The molecular formula is C14H15ClN2O. The Kier molecular flexibility index (Phi) is 3.82. The lowest BCUT2D eigenvalue weighted by Gasteiger charge is -2.12. The topological polar surface area (TPSA) is 42.0 Å². The average molecular weight is 263 g/mol. The quantitative estimate of drug-likeness (QED) is 0.862. The van der Waals surface area contributed by atoms with E-state index in [1.807, 2.05) is 38.1 Å². The number of pyridine rings is 1. The second kappa shape index (κ2) is 5.36. The van der Waals surface area contributed by atoms with E-state index in [-0.39, 0.29) is 11.9 Å². The Morgan fingerprint density at radius 3 is 2.89 bits per heavy atom. The number of fused-ring (bicyclic) bond motifs is 1. The number of hydrogen-bond donors (Lipinski definition) is 1. The fraction of sp³-hybridized carbons (Fsp3) is 0.286. The maximum absolute atomic E-state index is 12.2. The first-order chi connectivity index (χ1) is 8.61. The minimum absolute atomic E-state index is 0.107. The van der Waals surface area contributed by atoms with E-state index in [9.17, 15) is 4.79 Å². The molecule has 1 amide bonds. The van der Waals surface area contributed by atoms with Gasteiger partial charge in [-0.3, -0.25) is 4.79 Å². The number of benzene rings is 1. The molecule has 1 N–H and O–H groups in total. The molecule has 0 saturated carbocycles. The molecular weight excluding hydrogens is 248 g/mol. The number of rotatable bonds is 3. The molecule has 0 fully saturated rings. The normalized spacial score (nSPS) is 12.4. The summed E-state index contributed by atoms with van der Waals surface area (Å²) >= 11 is 5.95. The molecule has 94 valence electrons. The van der Waals surface area contributed by atoms with Crippen molar-refractivity contribution in [2.45, 2.75) is 26.3 Å². The van der Waals surface area contributed by atoms with Crippen LogP contribution < -0.4 is 5.32 Å². The van der Waals surface area contributed by atoms with Crippen LogP contribution in [-0.2, 0) is 0 Å². The van der Waals surface area contributed by atoms with Crippen molar-refractivity contribution in [3.8, 4) is 0 Å². The molecule has 1 aromatic heterocycles. The summed E-state index contributed by atoms with van der Waals surface area (Å²) in [5, 5.41) is 4.10. The Hall–Kier alpha value is -1.61. The second-order valence-electron chi connectivity index (χ2n) is 4.29. The maximum Gasteiger partial charge on any atom is 0.252 e. The van der Waals surface area contributed by atoms with Crippen molar-refractivity contribution in [2.75, 3.05) is 0 Å². The predicted molar refractivity (Wildman–Crippen MR) is 74.0 cm³/mol. The first-order valence-electron chi connectivity index (χ1n) is 5.98. The van der Waals surface area contributed by atoms with Gasteiger partial charge in [0.15, 0.2) is 0 Å². The molecule has 4 heteroatoms. The molecule has 1 aromatic carbocycles. The van der Waals surface area contributed by atoms with E-state index in [1.54, 1.807) is 6.07 Å². The number of amides is 1. The zero-order valence-corrected chi connectivity index (χ0v) is 11.2. The highest BCUT2D eigenvalue weighted by molar-refractivity contribution is 6.30. The van der Waals surface area contributed by atoms with Gasteiger partial charge >= 0.3 is 0 Å². The Balaban J connectivity index is 2.46. The molecule has 2 rings (SSSR count). The number of halogens is 1. The van der Waals surface area contributed by atoms with Gasteiger partial charge in [-0.25, -0.2) is 4.98 Å². The van der Waals surface area contributed by atoms with Gasteiger partial charge in [0.1, 0.15) is 5.15 Å². The van der Waals surface area contributed by atoms with Crippen molar-refractivity contribution < 1.29 is 4.79 Å². The lowest BCUT2D eigenvalue weighted by atomic mass is 10.1. The highest BCUT2D eigenvalue weighted by Gasteiger charge is 2.13. The molecule has 0 unspecified atom stereocenters. The van der Waals surface area contributed by atoms with Crippen LogP contribution in [0.4, 0.5) is 0 Å². The molecule has 3 nitrogen and oxygen atoms in total. The largest absolute Gasteiger partial charge is 0.350 e. The van der Waals surface area contributed by atoms with Crippen LogP contribution in [-0.4, -0.2) is 16.9 Å². The summed E-state index contributed by atoms with van der Waals surface area (Å²) in [7, 11) is 0. The van der Waals surface area contributed by atoms with Crippen molar-refractivity contribution in [3.63, 3.8) is 0 Å². The molecule has 18 heavy (non-hydrogen) atoms. The molecule has 2 aromatic rings. The summed E-state index contributed by atoms with van der Waals surface area (Å²) in [6.45, 7) is 4.01. The van der Waals surface area contributed by atoms with Gasteiger partial charge in [-0.15, -0.1) is 0 Å². The highest BCUT2D eigenvalue weighted by atomic mass is 35.5. The van der Waals surface area contributed by atoms with Crippen LogP contribution in [0, 0.1) is 0 Å². The van der Waals surface area contributed by atoms with Crippen LogP contribution in [0.2, 0.25) is 5.15 Å². The molecule has 0 aliphatic rings. The Labute approximate surface area is 111 Å². The number of aromatic nitrogens is 1. The highest BCUT2D eigenvalue weighted by Crippen LogP contribution is 2.20. The third kappa shape index (κ3) is 2.62. The van der Waals surface area contributed by atoms with Crippen LogP contribution in [0.3, 0.4) is 0 Å². The van der Waals surface area contributed by atoms with Crippen LogP contribution in [0.15, 0.2) is 30.3 Å². The summed E-state index contributed by atoms with van der Waals surface area (Å²) in [6, 6.07) is 9.25. The van der Waals surface area contributed by atoms with Crippen LogP contribution in [0.1, 0.15) is 30.6 Å². The van der Waals surface area contributed by atoms with Gasteiger partial charge in [-0.2, -0.15) is 0 Å². The number of nitrogens with zero attached hydrogens (tertiary/aromatic N) is 1. The molecule has 0 aliphatic heterocycles. The van der Waals surface area contributed by atoms with E-state index < -0.39 is 0 Å². The lowest BCUT2D eigenvalue weighted by Crippen LogP contribution is -2.32. The monoisotopic (exact) mass is 262 g/mol. The molecule has 0 bridgehead atoms. The van der Waals surface area contributed by atoms with E-state index in [2.05, 4.69) is 10.3 Å². The third-order valence-corrected chi connectivity index (χ3v) is 3.11. The summed E-state index contributed by atoms with van der Waals surface area (Å²) in [5.74, 6) is -0.107. The summed E-state index contributed by atoms with van der Waals surface area (Å²) < 4.78 is 0. The molecule has 0 saturated heterocycles. The van der Waals surface area contributed by atoms with Crippen molar-refractivity contribution in [3.05, 3.63) is 41.0 Å². The number of carbonyl (C=O) groups excluding carboxylic acids is 1. The summed E-state index contributed by atoms with van der Waals surface area (Å²) in [4.78, 5) is 16.4. The van der Waals surface area contributed by atoms with Gasteiger partial charge in [-0.05, 0) is 25.5 Å². The number of hydrogen-bond acceptors (Lipinski definition) is 2. The summed E-state index contributed by atoms with van der Waals surface area (Å²) in [5.41, 5.74) is 1.31. The lowest BCUT2D eigenvalue weighted by molar-refractivity contribution is 0.0941. The second-order valence-corrected chi connectivity index (χ2v) is 4.68. The molecule has 1 atom stereocenters. The van der Waals surface area contributed by atoms with Gasteiger partial charge in [0.2, 0.25) is 0 Å². The standard InChI is InChI=1S/C14H15ClN2O/c1-3-9(2)16-14(18)11-8-13(15)17-12-7-5-4-6-10(11)12/h4-9H,3H2,1-2H3,(H,16,18)/t9-/m0/s1. The van der Waals surface area contributed by atoms with Crippen molar-refractivity contribution in [1.29, 1.82) is 0 Å². The van der Waals surface area contributed by atoms with E-state index in [1.165, 1.54) is 0 Å². The molecule has 0 aliphatic carbocycles. The zero-order chi connectivity index (χ0) is 13.1. The number of carbonyl (C=O) groups is 1. The molecule has 1 heterocycles. The predicted octanol–water partition coefficient (Wildman–Crippen LogP) is 3.42. The van der Waals surface area contributed by atoms with Crippen molar-refractivity contribution in [1.82, 2.24) is 10.3 Å². The Morgan fingerprint density at radius 1 is 1.44 bits per heavy atom. The molecule has 0 radical (unpaired) electrons. The fourth-order valence-electron chi connectivity index (χ4n) is 1.73. The summed E-state index contributed by atoms with van der Waals surface area (Å²) in [6.07, 6.45) is 0.891. The van der Waals surface area contributed by atoms with Gasteiger partial charge in [0.25, 0.3) is 5.91 Å². The zero-order valence-electron chi connectivity index (χ0n) is 10.4. The van der Waals surface area contributed by atoms with Gasteiger partial charge < -0.3 is 5.32 Å². The SMILES string of the molecule is CC[C@H](C)NC(=O)c1cc(Cl)nc2ccccc12. The minimum atomic E-state index is -0.107. The van der Waals surface area contributed by atoms with Gasteiger partial charge in [0.05, 0.1) is 11.1 Å². The maximum atomic E-state index is 12.2. The first kappa shape index (κ1) is 12.8. The van der Waals surface area contributed by atoms with Crippen LogP contribution >= 0.6 is 11.6 Å². The van der Waals surface area contributed by atoms with Crippen LogP contribution in [0.5, 0.6) is 0 Å². The minimum Gasteiger partial charge on any atom is -0.350 e. The van der Waals surface area contributed by atoms with E-state index in [0.717, 1.165) is 17.3 Å². The van der Waals surface area contributed by atoms with Crippen LogP contribution in [0.25, 0.3) is 10.9 Å². The Bertz CT molecular complexity index is 583. The van der Waals surface area contributed by atoms with E-state index >= 15 is 0 Å².